The van der Waals surface area contributed by atoms with Gasteiger partial charge in [-0.2, -0.15) is 5.10 Å². The van der Waals surface area contributed by atoms with Crippen molar-refractivity contribution < 1.29 is 42.8 Å². The van der Waals surface area contributed by atoms with E-state index in [9.17, 15) is 33.0 Å². The van der Waals surface area contributed by atoms with Crippen molar-refractivity contribution in [1.82, 2.24) is 14.7 Å². The van der Waals surface area contributed by atoms with Crippen LogP contribution in [0.15, 0.2) is 42.5 Å². The number of aliphatic carboxylic acids is 1. The predicted molar refractivity (Wildman–Crippen MR) is 134 cm³/mol. The predicted octanol–water partition coefficient (Wildman–Crippen LogP) is 3.65. The van der Waals surface area contributed by atoms with Gasteiger partial charge in [-0.3, -0.25) is 9.59 Å². The average molecular weight is 550 g/mol. The van der Waals surface area contributed by atoms with Crippen LogP contribution in [0, 0.1) is 17.5 Å². The zero-order valence-electron chi connectivity index (χ0n) is 21.6. The van der Waals surface area contributed by atoms with Gasteiger partial charge in [0.25, 0.3) is 5.91 Å². The smallest absolute Gasteiger partial charge is 0.305 e. The van der Waals surface area contributed by atoms with E-state index < -0.39 is 48.0 Å². The fourth-order valence-electron chi connectivity index (χ4n) is 3.99. The molecule has 39 heavy (non-hydrogen) atoms. The summed E-state index contributed by atoms with van der Waals surface area (Å²) in [4.78, 5) is 25.5. The van der Waals surface area contributed by atoms with Gasteiger partial charge in [0.15, 0.2) is 5.69 Å². The topological polar surface area (TPSA) is 125 Å². The second-order valence-electron chi connectivity index (χ2n) is 9.46. The number of aliphatic hydroxyl groups is 2. The number of halogens is 3. The van der Waals surface area contributed by atoms with Gasteiger partial charge in [-0.25, -0.2) is 17.9 Å². The molecule has 9 nitrogen and oxygen atoms in total. The Morgan fingerprint density at radius 3 is 2.26 bits per heavy atom. The minimum atomic E-state index is -1.30. The van der Waals surface area contributed by atoms with Gasteiger partial charge in [-0.05, 0) is 36.2 Å². The summed E-state index contributed by atoms with van der Waals surface area (Å²) in [5, 5.41) is 33.4. The molecular weight excluding hydrogens is 519 g/mol. The third kappa shape index (κ3) is 7.58. The normalized spacial score (nSPS) is 12.8. The number of ether oxygens (including phenoxy) is 1. The number of carboxylic acids is 1. The Labute approximate surface area is 223 Å². The van der Waals surface area contributed by atoms with Crippen molar-refractivity contribution in [2.24, 2.45) is 0 Å². The molecule has 1 heterocycles. The van der Waals surface area contributed by atoms with Gasteiger partial charge in [0.2, 0.25) is 5.88 Å². The molecule has 2 aromatic carbocycles. The molecule has 0 aliphatic heterocycles. The van der Waals surface area contributed by atoms with Gasteiger partial charge in [-0.15, -0.1) is 0 Å². The van der Waals surface area contributed by atoms with Crippen LogP contribution in [0.3, 0.4) is 0 Å². The van der Waals surface area contributed by atoms with E-state index in [-0.39, 0.29) is 42.6 Å². The van der Waals surface area contributed by atoms with Crippen molar-refractivity contribution in [1.29, 1.82) is 0 Å². The van der Waals surface area contributed by atoms with Crippen LogP contribution in [0.2, 0.25) is 0 Å². The highest BCUT2D eigenvalue weighted by atomic mass is 19.1. The van der Waals surface area contributed by atoms with Crippen molar-refractivity contribution in [3.05, 3.63) is 76.7 Å². The highest BCUT2D eigenvalue weighted by molar-refractivity contribution is 5.94. The van der Waals surface area contributed by atoms with Crippen molar-refractivity contribution in [3.63, 3.8) is 0 Å². The van der Waals surface area contributed by atoms with Crippen LogP contribution in [0.25, 0.3) is 5.69 Å². The first kappa shape index (κ1) is 29.7. The monoisotopic (exact) mass is 549 g/mol. The number of nitrogens with zero attached hydrogens (tertiary/aromatic N) is 3. The maximum atomic E-state index is 14.2. The Hall–Kier alpha value is -3.90. The van der Waals surface area contributed by atoms with E-state index >= 15 is 0 Å². The molecule has 0 fully saturated rings. The second-order valence-corrected chi connectivity index (χ2v) is 9.46. The summed E-state index contributed by atoms with van der Waals surface area (Å²) in [6.45, 7) is 3.01. The molecule has 210 valence electrons. The highest BCUT2D eigenvalue weighted by Gasteiger charge is 2.30. The molecular formula is C27H30F3N3O6. The third-order valence-electron chi connectivity index (χ3n) is 5.87. The second kappa shape index (κ2) is 12.8. The quantitative estimate of drug-likeness (QED) is 0.315. The molecule has 0 unspecified atom stereocenters. The first-order valence-corrected chi connectivity index (χ1v) is 12.2. The number of hydrogen-bond donors (Lipinski definition) is 3. The Morgan fingerprint density at radius 2 is 1.67 bits per heavy atom. The first-order chi connectivity index (χ1) is 18.4. The van der Waals surface area contributed by atoms with Crippen molar-refractivity contribution in [3.8, 4) is 11.6 Å². The Kier molecular flexibility index (Phi) is 9.71. The van der Waals surface area contributed by atoms with E-state index in [2.05, 4.69) is 5.10 Å². The molecule has 3 aromatic rings. The number of hydrogen-bond acceptors (Lipinski definition) is 6. The lowest BCUT2D eigenvalue weighted by atomic mass is 10.0. The lowest BCUT2D eigenvalue weighted by Crippen LogP contribution is -2.28. The molecule has 1 amide bonds. The molecule has 2 atom stereocenters. The minimum Gasteiger partial charge on any atom is -0.481 e. The Bertz CT molecular complexity index is 1310. The zero-order chi connectivity index (χ0) is 28.9. The summed E-state index contributed by atoms with van der Waals surface area (Å²) in [5.41, 5.74) is 0.764. The SMILES string of the molecule is CC(C)c1c(C(=O)N(C)Cc2ccc(F)cc2F)nn(-c2ccc(F)cc2)c1OC[C@@H](O)C[C@@H](O)CC(=O)O. The maximum Gasteiger partial charge on any atom is 0.305 e. The molecule has 0 aliphatic rings. The van der Waals surface area contributed by atoms with Gasteiger partial charge in [0, 0.05) is 37.2 Å². The van der Waals surface area contributed by atoms with Crippen LogP contribution >= 0.6 is 0 Å². The van der Waals surface area contributed by atoms with Crippen LogP contribution in [0.5, 0.6) is 5.88 Å². The van der Waals surface area contributed by atoms with Crippen molar-refractivity contribution in [2.45, 2.75) is 51.4 Å². The average Bonchev–Trinajstić information content (AvgIpc) is 3.23. The van der Waals surface area contributed by atoms with E-state index in [1.54, 1.807) is 13.8 Å². The number of carboxylic acid groups (broad SMARTS) is 1. The number of rotatable bonds is 12. The molecule has 3 rings (SSSR count). The summed E-state index contributed by atoms with van der Waals surface area (Å²) < 4.78 is 48.3. The number of carbonyl (C=O) groups is 2. The zero-order valence-corrected chi connectivity index (χ0v) is 21.6. The number of aromatic nitrogens is 2. The van der Waals surface area contributed by atoms with Crippen molar-refractivity contribution >= 4 is 11.9 Å². The van der Waals surface area contributed by atoms with Crippen LogP contribution < -0.4 is 4.74 Å². The molecule has 0 saturated heterocycles. The third-order valence-corrected chi connectivity index (χ3v) is 5.87. The summed E-state index contributed by atoms with van der Waals surface area (Å²) >= 11 is 0. The fourth-order valence-corrected chi connectivity index (χ4v) is 3.99. The molecule has 0 saturated carbocycles. The summed E-state index contributed by atoms with van der Waals surface area (Å²) in [5.74, 6) is -4.13. The Balaban J connectivity index is 1.96. The number of aliphatic hydroxyl groups excluding tert-OH is 2. The molecule has 0 spiro atoms. The molecule has 12 heteroatoms. The van der Waals surface area contributed by atoms with E-state index in [1.165, 1.54) is 47.0 Å². The van der Waals surface area contributed by atoms with Crippen molar-refractivity contribution in [2.75, 3.05) is 13.7 Å². The van der Waals surface area contributed by atoms with E-state index in [1.807, 2.05) is 0 Å². The van der Waals surface area contributed by atoms with Crippen LogP contribution in [0.1, 0.15) is 54.2 Å². The lowest BCUT2D eigenvalue weighted by Gasteiger charge is -2.19. The first-order valence-electron chi connectivity index (χ1n) is 12.2. The van der Waals surface area contributed by atoms with Crippen LogP contribution in [0.4, 0.5) is 13.2 Å². The van der Waals surface area contributed by atoms with E-state index in [0.717, 1.165) is 12.1 Å². The van der Waals surface area contributed by atoms with Gasteiger partial charge in [0.05, 0.1) is 24.3 Å². The van der Waals surface area contributed by atoms with E-state index in [4.69, 9.17) is 9.84 Å². The standard InChI is InChI=1S/C27H30F3N3O6/c1-15(2)24-25(26(38)32(3)13-16-4-5-18(29)10-22(16)30)31-33(19-8-6-17(28)7-9-19)27(24)39-14-21(35)11-20(34)12-23(36)37/h4-10,15,20-21,34-35H,11-14H2,1-3H3,(H,36,37)/t20-,21+/m1/s1. The summed E-state index contributed by atoms with van der Waals surface area (Å²) in [6.07, 6.45) is -3.38. The summed E-state index contributed by atoms with van der Waals surface area (Å²) in [6, 6.07) is 8.26. The van der Waals surface area contributed by atoms with Crippen LogP contribution in [-0.2, 0) is 11.3 Å². The minimum absolute atomic E-state index is 0.0326. The largest absolute Gasteiger partial charge is 0.481 e. The molecule has 0 bridgehead atoms. The van der Waals surface area contributed by atoms with Gasteiger partial charge < -0.3 is 25.0 Å². The fraction of sp³-hybridized carbons (Fsp3) is 0.370. The molecule has 3 N–H and O–H groups in total. The number of carbonyl (C=O) groups excluding carboxylic acids is 1. The number of amides is 1. The maximum absolute atomic E-state index is 14.2. The molecule has 0 radical (unpaired) electrons. The van der Waals surface area contributed by atoms with Gasteiger partial charge >= 0.3 is 5.97 Å². The van der Waals surface area contributed by atoms with Crippen LogP contribution in [-0.4, -0.2) is 67.7 Å². The van der Waals surface area contributed by atoms with Gasteiger partial charge in [-0.1, -0.05) is 19.9 Å². The van der Waals surface area contributed by atoms with Gasteiger partial charge in [0.1, 0.15) is 24.1 Å². The van der Waals surface area contributed by atoms with E-state index in [0.29, 0.717) is 11.3 Å². The highest BCUT2D eigenvalue weighted by Crippen LogP contribution is 2.34. The molecule has 1 aromatic heterocycles. The summed E-state index contributed by atoms with van der Waals surface area (Å²) in [7, 11) is 1.43. The molecule has 0 aliphatic carbocycles. The number of benzene rings is 2. The Morgan fingerprint density at radius 1 is 1.03 bits per heavy atom. The lowest BCUT2D eigenvalue weighted by molar-refractivity contribution is -0.139.